The summed E-state index contributed by atoms with van der Waals surface area (Å²) in [6.07, 6.45) is 0.602. The highest BCUT2D eigenvalue weighted by Crippen LogP contribution is 2.27. The lowest BCUT2D eigenvalue weighted by Crippen LogP contribution is -2.50. The van der Waals surface area contributed by atoms with E-state index in [-0.39, 0.29) is 17.7 Å². The molecule has 29 heavy (non-hydrogen) atoms. The zero-order valence-corrected chi connectivity index (χ0v) is 17.4. The smallest absolute Gasteiger partial charge is 0.255 e. The molecule has 1 aliphatic heterocycles. The van der Waals surface area contributed by atoms with E-state index < -0.39 is 6.04 Å². The first kappa shape index (κ1) is 20.7. The molecule has 0 saturated carbocycles. The van der Waals surface area contributed by atoms with Crippen LogP contribution in [0.5, 0.6) is 11.5 Å². The number of methoxy groups -OCH3 is 2. The largest absolute Gasteiger partial charge is 0.497 e. The highest BCUT2D eigenvalue weighted by molar-refractivity contribution is 6.01. The Kier molecular flexibility index (Phi) is 6.42. The normalized spacial score (nSPS) is 14.0. The van der Waals surface area contributed by atoms with Gasteiger partial charge < -0.3 is 19.7 Å². The topological polar surface area (TPSA) is 67.9 Å². The SMILES string of the molecule is COc1ccc(OC)c(CCNC(=O)[C@@H](C(C)C)N2Cc3ccccc3C2=O)c1. The molecule has 0 saturated heterocycles. The van der Waals surface area contributed by atoms with E-state index in [1.807, 2.05) is 56.3 Å². The van der Waals surface area contributed by atoms with Crippen LogP contribution in [0.15, 0.2) is 42.5 Å². The van der Waals surface area contributed by atoms with Crippen LogP contribution < -0.4 is 14.8 Å². The van der Waals surface area contributed by atoms with E-state index in [2.05, 4.69) is 5.32 Å². The number of ether oxygens (including phenoxy) is 2. The van der Waals surface area contributed by atoms with Crippen molar-refractivity contribution in [1.29, 1.82) is 0 Å². The van der Waals surface area contributed by atoms with Crippen LogP contribution in [0, 0.1) is 5.92 Å². The lowest BCUT2D eigenvalue weighted by atomic mass is 10.0. The monoisotopic (exact) mass is 396 g/mol. The quantitative estimate of drug-likeness (QED) is 0.745. The molecular weight excluding hydrogens is 368 g/mol. The van der Waals surface area contributed by atoms with E-state index in [9.17, 15) is 9.59 Å². The van der Waals surface area contributed by atoms with Crippen LogP contribution in [0.3, 0.4) is 0 Å². The molecule has 3 rings (SSSR count). The second-order valence-corrected chi connectivity index (χ2v) is 7.50. The number of nitrogens with zero attached hydrogens (tertiary/aromatic N) is 1. The number of hydrogen-bond acceptors (Lipinski definition) is 4. The van der Waals surface area contributed by atoms with Crippen molar-refractivity contribution in [1.82, 2.24) is 10.2 Å². The molecule has 1 N–H and O–H groups in total. The molecule has 2 aromatic rings. The summed E-state index contributed by atoms with van der Waals surface area (Å²) in [5.41, 5.74) is 2.61. The van der Waals surface area contributed by atoms with Gasteiger partial charge in [0.1, 0.15) is 17.5 Å². The average molecular weight is 396 g/mol. The fourth-order valence-corrected chi connectivity index (χ4v) is 3.81. The van der Waals surface area contributed by atoms with Crippen molar-refractivity contribution in [2.45, 2.75) is 32.9 Å². The Bertz CT molecular complexity index is 894. The van der Waals surface area contributed by atoms with Crippen molar-refractivity contribution in [3.63, 3.8) is 0 Å². The van der Waals surface area contributed by atoms with Gasteiger partial charge in [-0.25, -0.2) is 0 Å². The van der Waals surface area contributed by atoms with Gasteiger partial charge >= 0.3 is 0 Å². The second-order valence-electron chi connectivity index (χ2n) is 7.50. The Morgan fingerprint density at radius 1 is 1.14 bits per heavy atom. The maximum atomic E-state index is 13.0. The Morgan fingerprint density at radius 2 is 1.90 bits per heavy atom. The van der Waals surface area contributed by atoms with Gasteiger partial charge in [-0.05, 0) is 47.7 Å². The number of amides is 2. The van der Waals surface area contributed by atoms with Crippen LogP contribution >= 0.6 is 0 Å². The highest BCUT2D eigenvalue weighted by Gasteiger charge is 2.37. The summed E-state index contributed by atoms with van der Waals surface area (Å²) in [5, 5.41) is 3.00. The molecule has 1 atom stereocenters. The second kappa shape index (κ2) is 8.99. The molecule has 0 aliphatic carbocycles. The molecule has 2 amide bonds. The van der Waals surface area contributed by atoms with E-state index in [0.29, 0.717) is 25.1 Å². The van der Waals surface area contributed by atoms with Gasteiger partial charge in [-0.2, -0.15) is 0 Å². The highest BCUT2D eigenvalue weighted by atomic mass is 16.5. The minimum atomic E-state index is -0.512. The standard InChI is InChI=1S/C23H28N2O4/c1-15(2)21(25-14-17-7-5-6-8-19(17)23(25)27)22(26)24-12-11-16-13-18(28-3)9-10-20(16)29-4/h5-10,13,15,21H,11-12,14H2,1-4H3,(H,24,26)/t21-/m1/s1. The molecular formula is C23H28N2O4. The zero-order chi connectivity index (χ0) is 21.0. The lowest BCUT2D eigenvalue weighted by Gasteiger charge is -2.30. The third-order valence-corrected chi connectivity index (χ3v) is 5.27. The Hall–Kier alpha value is -3.02. The molecule has 2 aromatic carbocycles. The summed E-state index contributed by atoms with van der Waals surface area (Å²) < 4.78 is 10.7. The van der Waals surface area contributed by atoms with Crippen LogP contribution in [0.25, 0.3) is 0 Å². The molecule has 0 aromatic heterocycles. The van der Waals surface area contributed by atoms with Crippen LogP contribution in [0.1, 0.15) is 35.3 Å². The summed E-state index contributed by atoms with van der Waals surface area (Å²) in [7, 11) is 3.24. The van der Waals surface area contributed by atoms with Crippen molar-refractivity contribution in [3.05, 3.63) is 59.2 Å². The predicted molar refractivity (Wildman–Crippen MR) is 111 cm³/mol. The Morgan fingerprint density at radius 3 is 2.55 bits per heavy atom. The fourth-order valence-electron chi connectivity index (χ4n) is 3.81. The molecule has 6 heteroatoms. The van der Waals surface area contributed by atoms with E-state index in [1.165, 1.54) is 0 Å². The number of benzene rings is 2. The Balaban J connectivity index is 1.67. The van der Waals surface area contributed by atoms with Gasteiger partial charge in [0, 0.05) is 18.7 Å². The molecule has 1 heterocycles. The summed E-state index contributed by atoms with van der Waals surface area (Å²) >= 11 is 0. The number of carbonyl (C=O) groups is 2. The maximum Gasteiger partial charge on any atom is 0.255 e. The molecule has 6 nitrogen and oxygen atoms in total. The number of hydrogen-bond donors (Lipinski definition) is 1. The van der Waals surface area contributed by atoms with Crippen LogP contribution in [0.2, 0.25) is 0 Å². The van der Waals surface area contributed by atoms with Gasteiger partial charge in [0.2, 0.25) is 5.91 Å². The summed E-state index contributed by atoms with van der Waals surface area (Å²) in [6.45, 7) is 4.84. The minimum absolute atomic E-state index is 0.000354. The number of carbonyl (C=O) groups excluding carboxylic acids is 2. The zero-order valence-electron chi connectivity index (χ0n) is 17.4. The number of rotatable bonds is 8. The van der Waals surface area contributed by atoms with Gasteiger partial charge in [-0.1, -0.05) is 32.0 Å². The van der Waals surface area contributed by atoms with E-state index in [1.54, 1.807) is 19.1 Å². The summed E-state index contributed by atoms with van der Waals surface area (Å²) in [4.78, 5) is 27.5. The van der Waals surface area contributed by atoms with E-state index in [4.69, 9.17) is 9.47 Å². The van der Waals surface area contributed by atoms with Gasteiger partial charge in [0.25, 0.3) is 5.91 Å². The van der Waals surface area contributed by atoms with E-state index >= 15 is 0 Å². The van der Waals surface area contributed by atoms with Crippen molar-refractivity contribution < 1.29 is 19.1 Å². The fraction of sp³-hybridized carbons (Fsp3) is 0.391. The van der Waals surface area contributed by atoms with Crippen molar-refractivity contribution in [2.24, 2.45) is 5.92 Å². The van der Waals surface area contributed by atoms with Crippen LogP contribution in [-0.2, 0) is 17.8 Å². The van der Waals surface area contributed by atoms with Crippen molar-refractivity contribution in [2.75, 3.05) is 20.8 Å². The molecule has 154 valence electrons. The third kappa shape index (κ3) is 4.36. The first-order chi connectivity index (χ1) is 14.0. The Labute approximate surface area is 171 Å². The number of nitrogens with one attached hydrogen (secondary N) is 1. The molecule has 0 spiro atoms. The molecule has 0 bridgehead atoms. The lowest BCUT2D eigenvalue weighted by molar-refractivity contribution is -0.127. The van der Waals surface area contributed by atoms with Gasteiger partial charge in [-0.15, -0.1) is 0 Å². The summed E-state index contributed by atoms with van der Waals surface area (Å²) in [6, 6.07) is 12.6. The maximum absolute atomic E-state index is 13.0. The summed E-state index contributed by atoms with van der Waals surface area (Å²) in [5.74, 6) is 1.28. The third-order valence-electron chi connectivity index (χ3n) is 5.27. The average Bonchev–Trinajstić information content (AvgIpc) is 3.04. The van der Waals surface area contributed by atoms with Gasteiger partial charge in [0.15, 0.2) is 0 Å². The van der Waals surface area contributed by atoms with E-state index in [0.717, 1.165) is 22.6 Å². The van der Waals surface area contributed by atoms with Crippen LogP contribution in [-0.4, -0.2) is 43.5 Å². The molecule has 0 unspecified atom stereocenters. The number of fused-ring (bicyclic) bond motifs is 1. The van der Waals surface area contributed by atoms with Gasteiger partial charge in [0.05, 0.1) is 14.2 Å². The van der Waals surface area contributed by atoms with Crippen LogP contribution in [0.4, 0.5) is 0 Å². The first-order valence-corrected chi connectivity index (χ1v) is 9.83. The molecule has 1 aliphatic rings. The minimum Gasteiger partial charge on any atom is -0.497 e. The molecule has 0 radical (unpaired) electrons. The van der Waals surface area contributed by atoms with Crippen molar-refractivity contribution in [3.8, 4) is 11.5 Å². The predicted octanol–water partition coefficient (Wildman–Crippen LogP) is 3.04. The van der Waals surface area contributed by atoms with Crippen molar-refractivity contribution >= 4 is 11.8 Å². The first-order valence-electron chi connectivity index (χ1n) is 9.83. The van der Waals surface area contributed by atoms with Gasteiger partial charge in [-0.3, -0.25) is 9.59 Å². The molecule has 0 fully saturated rings.